The van der Waals surface area contributed by atoms with Gasteiger partial charge in [0.15, 0.2) is 0 Å². The van der Waals surface area contributed by atoms with E-state index in [1.807, 2.05) is 6.92 Å². The number of rotatable bonds is 3. The van der Waals surface area contributed by atoms with Crippen LogP contribution in [0.2, 0.25) is 0 Å². The van der Waals surface area contributed by atoms with Crippen LogP contribution in [-0.2, 0) is 9.53 Å². The van der Waals surface area contributed by atoms with Gasteiger partial charge < -0.3 is 20.1 Å². The molecule has 1 saturated carbocycles. The lowest BCUT2D eigenvalue weighted by Crippen LogP contribution is -2.60. The van der Waals surface area contributed by atoms with Crippen LogP contribution in [0.4, 0.5) is 0 Å². The second-order valence-corrected chi connectivity index (χ2v) is 6.47. The summed E-state index contributed by atoms with van der Waals surface area (Å²) in [4.78, 5) is 10.6. The molecule has 5 nitrogen and oxygen atoms in total. The maximum Gasteiger partial charge on any atom is 0.328 e. The summed E-state index contributed by atoms with van der Waals surface area (Å²) in [5.74, 6) is -1.02. The Bertz CT molecular complexity index is 461. The lowest BCUT2D eigenvalue weighted by molar-refractivity contribution is -0.150. The van der Waals surface area contributed by atoms with Gasteiger partial charge in [-0.15, -0.1) is 0 Å². The van der Waals surface area contributed by atoms with Crippen molar-refractivity contribution in [1.82, 2.24) is 0 Å². The molecule has 0 aromatic heterocycles. The van der Waals surface area contributed by atoms with E-state index in [0.717, 1.165) is 6.08 Å². The monoisotopic (exact) mass is 282 g/mol. The highest BCUT2D eigenvalue weighted by atomic mass is 16.5. The van der Waals surface area contributed by atoms with Crippen LogP contribution in [0.5, 0.6) is 0 Å². The van der Waals surface area contributed by atoms with Crippen molar-refractivity contribution in [1.29, 1.82) is 0 Å². The molecule has 1 aliphatic carbocycles. The van der Waals surface area contributed by atoms with Crippen LogP contribution < -0.4 is 0 Å². The molecular weight excluding hydrogens is 260 g/mol. The number of ether oxygens (including phenoxy) is 1. The predicted octanol–water partition coefficient (Wildman–Crippen LogP) is 1.25. The summed E-state index contributed by atoms with van der Waals surface area (Å²) in [7, 11) is 0. The maximum absolute atomic E-state index is 11.1. The van der Waals surface area contributed by atoms with E-state index in [4.69, 9.17) is 9.84 Å². The number of aliphatic hydroxyl groups excluding tert-OH is 1. The molecule has 112 valence electrons. The number of hydrogen-bond acceptors (Lipinski definition) is 4. The normalized spacial score (nSPS) is 45.0. The first kappa shape index (κ1) is 15.2. The standard InChI is InChI=1S/C15H22O5/c1-10(6-12(17)18)4-5-15(19)13(2)7-11(16)8-14(15,3)20-9-13/h4-6,11,16,19H,7-9H2,1-3H3,(H,17,18)/b5-4+,10-6-/t11-,13+,14+,15+/m1/s1. The van der Waals surface area contributed by atoms with Crippen molar-refractivity contribution in [3.05, 3.63) is 23.8 Å². The van der Waals surface area contributed by atoms with Gasteiger partial charge in [-0.1, -0.05) is 13.0 Å². The Morgan fingerprint density at radius 2 is 2.00 bits per heavy atom. The SMILES string of the molecule is CC(=C/C(=O)O)/C=C/[C@]1(O)[C@]2(C)CO[C@@]1(C)C[C@H](O)C2. The Balaban J connectivity index is 2.34. The van der Waals surface area contributed by atoms with Gasteiger partial charge in [0.1, 0.15) is 11.2 Å². The number of carboxylic acids is 1. The Labute approximate surface area is 118 Å². The third-order valence-corrected chi connectivity index (χ3v) is 4.69. The largest absolute Gasteiger partial charge is 0.478 e. The molecule has 0 radical (unpaired) electrons. The second-order valence-electron chi connectivity index (χ2n) is 6.47. The number of aliphatic hydroxyl groups is 2. The van der Waals surface area contributed by atoms with Crippen molar-refractivity contribution < 1.29 is 24.9 Å². The topological polar surface area (TPSA) is 87.0 Å². The quantitative estimate of drug-likeness (QED) is 0.536. The van der Waals surface area contributed by atoms with E-state index >= 15 is 0 Å². The van der Waals surface area contributed by atoms with Gasteiger partial charge in [-0.05, 0) is 31.9 Å². The summed E-state index contributed by atoms with van der Waals surface area (Å²) in [5.41, 5.74) is -2.09. The molecule has 1 aliphatic heterocycles. The predicted molar refractivity (Wildman–Crippen MR) is 73.2 cm³/mol. The zero-order valence-corrected chi connectivity index (χ0v) is 12.1. The van der Waals surface area contributed by atoms with Crippen molar-refractivity contribution >= 4 is 5.97 Å². The third kappa shape index (κ3) is 2.20. The zero-order valence-electron chi connectivity index (χ0n) is 12.1. The molecule has 0 spiro atoms. The molecule has 3 N–H and O–H groups in total. The Morgan fingerprint density at radius 1 is 1.35 bits per heavy atom. The zero-order chi connectivity index (χ0) is 15.2. The van der Waals surface area contributed by atoms with Crippen molar-refractivity contribution in [3.63, 3.8) is 0 Å². The Morgan fingerprint density at radius 3 is 2.55 bits per heavy atom. The van der Waals surface area contributed by atoms with Crippen LogP contribution in [0.1, 0.15) is 33.6 Å². The highest BCUT2D eigenvalue weighted by Gasteiger charge is 2.67. The summed E-state index contributed by atoms with van der Waals surface area (Å²) in [6, 6.07) is 0. The van der Waals surface area contributed by atoms with E-state index in [9.17, 15) is 15.0 Å². The van der Waals surface area contributed by atoms with Crippen LogP contribution in [0.25, 0.3) is 0 Å². The smallest absolute Gasteiger partial charge is 0.328 e. The van der Waals surface area contributed by atoms with Crippen molar-refractivity contribution in [3.8, 4) is 0 Å². The van der Waals surface area contributed by atoms with Gasteiger partial charge in [-0.2, -0.15) is 0 Å². The van der Waals surface area contributed by atoms with E-state index < -0.39 is 28.7 Å². The lowest BCUT2D eigenvalue weighted by Gasteiger charge is -2.49. The maximum atomic E-state index is 11.1. The fourth-order valence-corrected chi connectivity index (χ4v) is 3.52. The summed E-state index contributed by atoms with van der Waals surface area (Å²) >= 11 is 0. The lowest BCUT2D eigenvalue weighted by atomic mass is 9.59. The first-order valence-electron chi connectivity index (χ1n) is 6.77. The number of carboxylic acid groups (broad SMARTS) is 1. The molecule has 2 bridgehead atoms. The molecule has 0 aromatic rings. The van der Waals surface area contributed by atoms with Crippen molar-refractivity contribution in [2.75, 3.05) is 6.61 Å². The van der Waals surface area contributed by atoms with Gasteiger partial charge in [-0.25, -0.2) is 4.79 Å². The third-order valence-electron chi connectivity index (χ3n) is 4.69. The van der Waals surface area contributed by atoms with Crippen molar-refractivity contribution in [2.45, 2.75) is 50.9 Å². The molecule has 2 aliphatic rings. The number of fused-ring (bicyclic) bond motifs is 2. The number of allylic oxidation sites excluding steroid dienone is 2. The molecule has 0 amide bonds. The van der Waals surface area contributed by atoms with Crippen LogP contribution >= 0.6 is 0 Å². The minimum atomic E-state index is -1.22. The average Bonchev–Trinajstić information content (AvgIpc) is 2.43. The van der Waals surface area contributed by atoms with E-state index in [-0.39, 0.29) is 0 Å². The van der Waals surface area contributed by atoms with Crippen LogP contribution in [0.15, 0.2) is 23.8 Å². The fourth-order valence-electron chi connectivity index (χ4n) is 3.52. The summed E-state index contributed by atoms with van der Waals surface area (Å²) in [6.45, 7) is 5.73. The molecule has 0 aromatic carbocycles. The molecule has 1 heterocycles. The summed E-state index contributed by atoms with van der Waals surface area (Å²) < 4.78 is 5.77. The minimum Gasteiger partial charge on any atom is -0.478 e. The summed E-state index contributed by atoms with van der Waals surface area (Å²) in [6.07, 6.45) is 4.66. The Kier molecular flexibility index (Phi) is 3.57. The molecular formula is C15H22O5. The first-order valence-corrected chi connectivity index (χ1v) is 6.77. The van der Waals surface area contributed by atoms with E-state index in [1.54, 1.807) is 26.0 Å². The summed E-state index contributed by atoms with van der Waals surface area (Å²) in [5, 5.41) is 29.7. The average molecular weight is 282 g/mol. The van der Waals surface area contributed by atoms with E-state index in [0.29, 0.717) is 25.0 Å². The van der Waals surface area contributed by atoms with Gasteiger partial charge in [0, 0.05) is 17.9 Å². The van der Waals surface area contributed by atoms with Crippen LogP contribution in [0.3, 0.4) is 0 Å². The molecule has 1 saturated heterocycles. The molecule has 2 rings (SSSR count). The number of hydrogen-bond donors (Lipinski definition) is 3. The number of carbonyl (C=O) groups is 1. The molecule has 2 fully saturated rings. The van der Waals surface area contributed by atoms with Gasteiger partial charge >= 0.3 is 5.97 Å². The van der Waals surface area contributed by atoms with E-state index in [1.165, 1.54) is 0 Å². The molecule has 4 atom stereocenters. The van der Waals surface area contributed by atoms with Crippen LogP contribution in [-0.4, -0.2) is 45.2 Å². The van der Waals surface area contributed by atoms with E-state index in [2.05, 4.69) is 0 Å². The molecule has 20 heavy (non-hydrogen) atoms. The molecule has 5 heteroatoms. The fraction of sp³-hybridized carbons (Fsp3) is 0.667. The van der Waals surface area contributed by atoms with Crippen molar-refractivity contribution in [2.24, 2.45) is 5.41 Å². The highest BCUT2D eigenvalue weighted by Crippen LogP contribution is 2.57. The van der Waals surface area contributed by atoms with Crippen LogP contribution in [0, 0.1) is 5.41 Å². The minimum absolute atomic E-state index is 0.366. The Hall–Kier alpha value is -1.17. The molecule has 0 unspecified atom stereocenters. The second kappa shape index (κ2) is 4.69. The van der Waals surface area contributed by atoms with Gasteiger partial charge in [0.25, 0.3) is 0 Å². The first-order chi connectivity index (χ1) is 9.12. The number of aliphatic carboxylic acids is 1. The van der Waals surface area contributed by atoms with Gasteiger partial charge in [0.2, 0.25) is 0 Å². The van der Waals surface area contributed by atoms with Gasteiger partial charge in [-0.3, -0.25) is 0 Å². The van der Waals surface area contributed by atoms with Gasteiger partial charge in [0.05, 0.1) is 12.7 Å². The highest BCUT2D eigenvalue weighted by molar-refractivity contribution is 5.81.